The number of rotatable bonds is 9. The van der Waals surface area contributed by atoms with Gasteiger partial charge in [-0.25, -0.2) is 9.78 Å². The van der Waals surface area contributed by atoms with Crippen LogP contribution in [0.5, 0.6) is 0 Å². The Morgan fingerprint density at radius 1 is 1.21 bits per heavy atom. The van der Waals surface area contributed by atoms with Gasteiger partial charge in [-0.2, -0.15) is 5.10 Å². The lowest BCUT2D eigenvalue weighted by molar-refractivity contribution is 0.0938. The van der Waals surface area contributed by atoms with Crippen molar-refractivity contribution < 1.29 is 9.59 Å². The van der Waals surface area contributed by atoms with E-state index in [1.165, 1.54) is 0 Å². The third-order valence-electron chi connectivity index (χ3n) is 4.76. The van der Waals surface area contributed by atoms with Gasteiger partial charge in [0.25, 0.3) is 5.91 Å². The molecular weight excluding hydrogens is 442 g/mol. The highest BCUT2D eigenvalue weighted by Crippen LogP contribution is 2.20. The Hall–Kier alpha value is -3.59. The number of nitrogens with zero attached hydrogens (tertiary/aromatic N) is 4. The van der Waals surface area contributed by atoms with Crippen LogP contribution < -0.4 is 16.0 Å². The fourth-order valence-electron chi connectivity index (χ4n) is 3.07. The van der Waals surface area contributed by atoms with Crippen LogP contribution in [-0.4, -0.2) is 37.8 Å². The molecule has 9 nitrogen and oxygen atoms in total. The van der Waals surface area contributed by atoms with E-state index in [0.29, 0.717) is 30.3 Å². The molecule has 0 radical (unpaired) electrons. The lowest BCUT2D eigenvalue weighted by Gasteiger charge is -2.08. The first-order chi connectivity index (χ1) is 15.8. The van der Waals surface area contributed by atoms with Crippen LogP contribution in [0.15, 0.2) is 54.5 Å². The predicted octanol–water partition coefficient (Wildman–Crippen LogP) is 4.47. The molecule has 33 heavy (non-hydrogen) atoms. The summed E-state index contributed by atoms with van der Waals surface area (Å²) in [6.07, 6.45) is 7.96. The Bertz CT molecular complexity index is 1130. The van der Waals surface area contributed by atoms with Crippen LogP contribution in [-0.2, 0) is 13.1 Å². The smallest absolute Gasteiger partial charge is 0.324 e. The number of anilines is 2. The van der Waals surface area contributed by atoms with Gasteiger partial charge in [-0.05, 0) is 57.0 Å². The summed E-state index contributed by atoms with van der Waals surface area (Å²) >= 11 is 5.97. The van der Waals surface area contributed by atoms with E-state index in [9.17, 15) is 9.59 Å². The Labute approximate surface area is 197 Å². The average Bonchev–Trinajstić information content (AvgIpc) is 3.41. The number of halogens is 1. The standard InChI is InChI=1S/C23H28ClN7O2/c1-16(2)8-13-30-15-20(29-23(33)27-19-7-6-18(24)14-17(19)3)28-21(30)22(32)25-9-4-11-31-12-5-10-26-31/h5-8,10,12,14-15H,4,9,11,13H2,1-3H3,(H,25,32)(H2,27,29,33). The van der Waals surface area contributed by atoms with Crippen molar-refractivity contribution in [2.24, 2.45) is 0 Å². The zero-order valence-corrected chi connectivity index (χ0v) is 19.7. The zero-order valence-electron chi connectivity index (χ0n) is 18.9. The molecule has 3 amide bonds. The van der Waals surface area contributed by atoms with Gasteiger partial charge in [-0.15, -0.1) is 0 Å². The van der Waals surface area contributed by atoms with Crippen molar-refractivity contribution in [3.63, 3.8) is 0 Å². The molecule has 0 fully saturated rings. The molecule has 3 aromatic rings. The van der Waals surface area contributed by atoms with Crippen molar-refractivity contribution in [3.8, 4) is 0 Å². The second-order valence-electron chi connectivity index (χ2n) is 7.80. The number of imidazole rings is 1. The predicted molar refractivity (Wildman–Crippen MR) is 130 cm³/mol. The van der Waals surface area contributed by atoms with E-state index in [1.54, 1.807) is 35.2 Å². The van der Waals surface area contributed by atoms with E-state index in [-0.39, 0.29) is 17.5 Å². The Balaban J connectivity index is 1.65. The minimum absolute atomic E-state index is 0.226. The number of nitrogens with one attached hydrogen (secondary N) is 3. The lowest BCUT2D eigenvalue weighted by Crippen LogP contribution is -2.28. The van der Waals surface area contributed by atoms with Crippen LogP contribution in [0, 0.1) is 6.92 Å². The van der Waals surface area contributed by atoms with E-state index in [2.05, 4.69) is 26.0 Å². The molecule has 0 atom stereocenters. The van der Waals surface area contributed by atoms with Gasteiger partial charge in [0.15, 0.2) is 5.82 Å². The maximum atomic E-state index is 12.8. The molecule has 1 aromatic carbocycles. The summed E-state index contributed by atoms with van der Waals surface area (Å²) in [5, 5.41) is 13.1. The molecule has 2 aromatic heterocycles. The van der Waals surface area contributed by atoms with Crippen molar-refractivity contribution in [2.75, 3.05) is 17.2 Å². The van der Waals surface area contributed by atoms with Crippen molar-refractivity contribution in [2.45, 2.75) is 40.3 Å². The van der Waals surface area contributed by atoms with Gasteiger partial charge in [-0.1, -0.05) is 23.3 Å². The number of aryl methyl sites for hydroxylation is 2. The van der Waals surface area contributed by atoms with Crippen LogP contribution in [0.2, 0.25) is 5.02 Å². The molecule has 0 saturated carbocycles. The number of urea groups is 1. The first-order valence-electron chi connectivity index (χ1n) is 10.6. The highest BCUT2D eigenvalue weighted by atomic mass is 35.5. The molecule has 174 valence electrons. The second-order valence-corrected chi connectivity index (χ2v) is 8.24. The molecule has 0 aliphatic carbocycles. The van der Waals surface area contributed by atoms with Crippen molar-refractivity contribution >= 4 is 35.0 Å². The summed E-state index contributed by atoms with van der Waals surface area (Å²) in [6.45, 7) is 7.46. The molecular formula is C23H28ClN7O2. The molecule has 0 spiro atoms. The zero-order chi connectivity index (χ0) is 23.8. The molecule has 0 unspecified atom stereocenters. The maximum Gasteiger partial charge on any atom is 0.324 e. The van der Waals surface area contributed by atoms with Crippen molar-refractivity contribution in [1.82, 2.24) is 24.6 Å². The molecule has 0 aliphatic rings. The fraction of sp³-hybridized carbons (Fsp3) is 0.304. The first-order valence-corrected chi connectivity index (χ1v) is 11.0. The van der Waals surface area contributed by atoms with Crippen LogP contribution >= 0.6 is 11.6 Å². The van der Waals surface area contributed by atoms with Gasteiger partial charge in [0.1, 0.15) is 0 Å². The number of hydrogen-bond donors (Lipinski definition) is 3. The lowest BCUT2D eigenvalue weighted by atomic mass is 10.2. The second kappa shape index (κ2) is 11.3. The quantitative estimate of drug-likeness (QED) is 0.317. The van der Waals surface area contributed by atoms with Crippen LogP contribution in [0.4, 0.5) is 16.3 Å². The molecule has 10 heteroatoms. The summed E-state index contributed by atoms with van der Waals surface area (Å²) in [4.78, 5) is 29.6. The molecule has 0 aliphatic heterocycles. The van der Waals surface area contributed by atoms with Gasteiger partial charge in [-0.3, -0.25) is 14.8 Å². The number of allylic oxidation sites excluding steroid dienone is 2. The van der Waals surface area contributed by atoms with Gasteiger partial charge in [0.05, 0.1) is 0 Å². The minimum Gasteiger partial charge on any atom is -0.349 e. The van der Waals surface area contributed by atoms with Gasteiger partial charge < -0.3 is 15.2 Å². The van der Waals surface area contributed by atoms with E-state index in [1.807, 2.05) is 43.8 Å². The third-order valence-corrected chi connectivity index (χ3v) is 5.00. The van der Waals surface area contributed by atoms with Crippen molar-refractivity contribution in [3.05, 3.63) is 70.9 Å². The number of amides is 3. The van der Waals surface area contributed by atoms with E-state index >= 15 is 0 Å². The van der Waals surface area contributed by atoms with E-state index in [0.717, 1.165) is 17.6 Å². The summed E-state index contributed by atoms with van der Waals surface area (Å²) < 4.78 is 3.52. The van der Waals surface area contributed by atoms with Crippen LogP contribution in [0.3, 0.4) is 0 Å². The Morgan fingerprint density at radius 3 is 2.73 bits per heavy atom. The number of aromatic nitrogens is 4. The number of carbonyl (C=O) groups excluding carboxylic acids is 2. The van der Waals surface area contributed by atoms with Gasteiger partial charge in [0, 0.05) is 48.9 Å². The summed E-state index contributed by atoms with van der Waals surface area (Å²) in [5.74, 6) is 0.201. The van der Waals surface area contributed by atoms with Gasteiger partial charge in [0.2, 0.25) is 5.82 Å². The van der Waals surface area contributed by atoms with Crippen molar-refractivity contribution in [1.29, 1.82) is 0 Å². The van der Waals surface area contributed by atoms with Crippen LogP contribution in [0.25, 0.3) is 0 Å². The first kappa shape index (κ1) is 24.1. The highest BCUT2D eigenvalue weighted by Gasteiger charge is 2.17. The van der Waals surface area contributed by atoms with E-state index < -0.39 is 6.03 Å². The molecule has 2 heterocycles. The number of carbonyl (C=O) groups is 2. The highest BCUT2D eigenvalue weighted by molar-refractivity contribution is 6.30. The van der Waals surface area contributed by atoms with Gasteiger partial charge >= 0.3 is 6.03 Å². The molecule has 3 rings (SSSR count). The topological polar surface area (TPSA) is 106 Å². The molecule has 0 bridgehead atoms. The van der Waals surface area contributed by atoms with Crippen LogP contribution in [0.1, 0.15) is 36.5 Å². The molecule has 0 saturated heterocycles. The summed E-state index contributed by atoms with van der Waals surface area (Å²) in [7, 11) is 0. The largest absolute Gasteiger partial charge is 0.349 e. The number of hydrogen-bond acceptors (Lipinski definition) is 4. The Morgan fingerprint density at radius 2 is 2.03 bits per heavy atom. The third kappa shape index (κ3) is 7.21. The number of benzene rings is 1. The maximum absolute atomic E-state index is 12.8. The summed E-state index contributed by atoms with van der Waals surface area (Å²) in [6, 6.07) is 6.59. The molecule has 3 N–H and O–H groups in total. The minimum atomic E-state index is -0.460. The van der Waals surface area contributed by atoms with E-state index in [4.69, 9.17) is 11.6 Å². The fourth-order valence-corrected chi connectivity index (χ4v) is 3.30. The normalized spacial score (nSPS) is 10.5. The Kier molecular flexibility index (Phi) is 8.26. The summed E-state index contributed by atoms with van der Waals surface area (Å²) in [5.41, 5.74) is 2.58. The SMILES string of the molecule is CC(C)=CCn1cc(NC(=O)Nc2ccc(Cl)cc2C)nc1C(=O)NCCCn1cccn1. The monoisotopic (exact) mass is 469 g/mol. The average molecular weight is 470 g/mol.